The number of rotatable bonds is 7. The minimum Gasteiger partial charge on any atom is -0.468 e. The van der Waals surface area contributed by atoms with Crippen molar-refractivity contribution in [2.24, 2.45) is 0 Å². The monoisotopic (exact) mass is 349 g/mol. The molecule has 0 saturated carbocycles. The highest BCUT2D eigenvalue weighted by Gasteiger charge is 2.26. The van der Waals surface area contributed by atoms with Crippen LogP contribution in [-0.2, 0) is 4.74 Å². The molecular weight excluding hydrogens is 322 g/mol. The van der Waals surface area contributed by atoms with Crippen LogP contribution >= 0.6 is 0 Å². The number of unbranched alkanes of at least 4 members (excludes halogenated alkanes) is 1. The summed E-state index contributed by atoms with van der Waals surface area (Å²) in [6.45, 7) is 4.88. The van der Waals surface area contributed by atoms with Gasteiger partial charge in [-0.1, -0.05) is 19.8 Å². The first-order chi connectivity index (χ1) is 12.1. The van der Waals surface area contributed by atoms with Crippen molar-refractivity contribution < 1.29 is 14.2 Å². The Morgan fingerprint density at radius 2 is 2.16 bits per heavy atom. The third kappa shape index (κ3) is 3.78. The number of hydrogen-bond acceptors (Lipinski definition) is 7. The first kappa shape index (κ1) is 17.7. The molecule has 2 N–H and O–H groups in total. The van der Waals surface area contributed by atoms with Gasteiger partial charge in [-0.2, -0.15) is 15.0 Å². The van der Waals surface area contributed by atoms with Crippen molar-refractivity contribution in [3.05, 3.63) is 0 Å². The number of nitrogen functional groups attached to an aromatic ring is 1. The summed E-state index contributed by atoms with van der Waals surface area (Å²) in [5, 5.41) is 0. The zero-order valence-electron chi connectivity index (χ0n) is 15.2. The molecule has 1 aliphatic heterocycles. The van der Waals surface area contributed by atoms with Gasteiger partial charge in [0.15, 0.2) is 17.0 Å². The van der Waals surface area contributed by atoms with Gasteiger partial charge in [0.05, 0.1) is 13.2 Å². The molecule has 2 aromatic heterocycles. The maximum absolute atomic E-state index is 6.10. The predicted octanol–water partition coefficient (Wildman–Crippen LogP) is 3.07. The predicted molar refractivity (Wildman–Crippen MR) is 94.7 cm³/mol. The molecule has 2 unspecified atom stereocenters. The maximum atomic E-state index is 6.10. The number of aromatic nitrogens is 4. The van der Waals surface area contributed by atoms with Crippen LogP contribution in [-0.4, -0.2) is 39.3 Å². The van der Waals surface area contributed by atoms with Crippen LogP contribution in [0.15, 0.2) is 0 Å². The van der Waals surface area contributed by atoms with Crippen LogP contribution < -0.4 is 15.2 Å². The molecular formula is C17H27N5O3. The Morgan fingerprint density at radius 1 is 1.32 bits per heavy atom. The third-order valence-corrected chi connectivity index (χ3v) is 4.41. The lowest BCUT2D eigenvalue weighted by atomic mass is 10.2. The van der Waals surface area contributed by atoms with E-state index in [1.807, 2.05) is 11.5 Å². The molecule has 138 valence electrons. The topological polar surface area (TPSA) is 97.3 Å². The fraction of sp³-hybridized carbons (Fsp3) is 0.706. The second-order valence-electron chi connectivity index (χ2n) is 6.42. The van der Waals surface area contributed by atoms with Gasteiger partial charge in [0.1, 0.15) is 6.23 Å². The van der Waals surface area contributed by atoms with Crippen LogP contribution in [0.3, 0.4) is 0 Å². The minimum absolute atomic E-state index is 0.0287. The van der Waals surface area contributed by atoms with Crippen LogP contribution in [0, 0.1) is 0 Å². The quantitative estimate of drug-likeness (QED) is 0.820. The highest BCUT2D eigenvalue weighted by atomic mass is 16.5. The van der Waals surface area contributed by atoms with E-state index in [1.54, 1.807) is 7.11 Å². The summed E-state index contributed by atoms with van der Waals surface area (Å²) in [5.41, 5.74) is 7.20. The lowest BCUT2D eigenvalue weighted by Gasteiger charge is -2.24. The molecule has 3 rings (SSSR count). The summed E-state index contributed by atoms with van der Waals surface area (Å²) in [6, 6.07) is 0.701. The standard InChI is InChI=1S/C17H27N5O3/c1-4-5-8-11(2)25-16-20-14(18)13-15(21-16)22(17(19-13)23-3)12-9-6-7-10-24-12/h11-12H,4-10H2,1-3H3,(H2,18,20,21). The molecule has 0 radical (unpaired) electrons. The lowest BCUT2D eigenvalue weighted by molar-refractivity contribution is -0.0334. The lowest BCUT2D eigenvalue weighted by Crippen LogP contribution is -2.19. The SMILES string of the molecule is CCCCC(C)Oc1nc(N)c2nc(OC)n(C3CCCCO3)c2n1. The zero-order chi connectivity index (χ0) is 17.8. The first-order valence-electron chi connectivity index (χ1n) is 9.01. The number of nitrogens with zero attached hydrogens (tertiary/aromatic N) is 4. The number of hydrogen-bond donors (Lipinski definition) is 1. The summed E-state index contributed by atoms with van der Waals surface area (Å²) in [6.07, 6.45) is 6.08. The molecule has 0 aromatic carbocycles. The molecule has 1 aliphatic rings. The number of anilines is 1. The van der Waals surface area contributed by atoms with Gasteiger partial charge in [-0.3, -0.25) is 4.57 Å². The molecule has 8 nitrogen and oxygen atoms in total. The van der Waals surface area contributed by atoms with E-state index in [2.05, 4.69) is 21.9 Å². The highest BCUT2D eigenvalue weighted by Crippen LogP contribution is 2.33. The molecule has 1 saturated heterocycles. The summed E-state index contributed by atoms with van der Waals surface area (Å²) in [5.74, 6) is 0.288. The number of ether oxygens (including phenoxy) is 3. The van der Waals surface area contributed by atoms with E-state index >= 15 is 0 Å². The Morgan fingerprint density at radius 3 is 2.84 bits per heavy atom. The normalized spacial score (nSPS) is 19.1. The molecule has 2 atom stereocenters. The van der Waals surface area contributed by atoms with Crippen molar-refractivity contribution in [3.8, 4) is 12.0 Å². The van der Waals surface area contributed by atoms with Crippen molar-refractivity contribution >= 4 is 17.0 Å². The van der Waals surface area contributed by atoms with E-state index in [0.29, 0.717) is 23.8 Å². The number of fused-ring (bicyclic) bond motifs is 1. The fourth-order valence-electron chi connectivity index (χ4n) is 3.07. The number of imidazole rings is 1. The summed E-state index contributed by atoms with van der Waals surface area (Å²) in [4.78, 5) is 13.2. The van der Waals surface area contributed by atoms with Gasteiger partial charge in [0.2, 0.25) is 0 Å². The Bertz CT molecular complexity index is 712. The van der Waals surface area contributed by atoms with Crippen molar-refractivity contribution in [1.29, 1.82) is 0 Å². The molecule has 1 fully saturated rings. The molecule has 0 aliphatic carbocycles. The summed E-state index contributed by atoms with van der Waals surface area (Å²) < 4.78 is 19.0. The Hall–Kier alpha value is -2.09. The summed E-state index contributed by atoms with van der Waals surface area (Å²) in [7, 11) is 1.58. The molecule has 0 bridgehead atoms. The molecule has 8 heteroatoms. The van der Waals surface area contributed by atoms with Gasteiger partial charge in [-0.15, -0.1) is 0 Å². The second-order valence-corrected chi connectivity index (χ2v) is 6.42. The Balaban J connectivity index is 1.96. The molecule has 2 aromatic rings. The zero-order valence-corrected chi connectivity index (χ0v) is 15.2. The largest absolute Gasteiger partial charge is 0.468 e. The van der Waals surface area contributed by atoms with Crippen LogP contribution in [0.5, 0.6) is 12.0 Å². The fourth-order valence-corrected chi connectivity index (χ4v) is 3.07. The van der Waals surface area contributed by atoms with Gasteiger partial charge in [0, 0.05) is 6.61 Å². The van der Waals surface area contributed by atoms with E-state index in [4.69, 9.17) is 19.9 Å². The van der Waals surface area contributed by atoms with Gasteiger partial charge in [0.25, 0.3) is 0 Å². The second kappa shape index (κ2) is 7.86. The smallest absolute Gasteiger partial charge is 0.320 e. The third-order valence-electron chi connectivity index (χ3n) is 4.41. The van der Waals surface area contributed by atoms with Crippen molar-refractivity contribution in [2.75, 3.05) is 19.5 Å². The Kier molecular flexibility index (Phi) is 5.57. The van der Waals surface area contributed by atoms with Crippen LogP contribution in [0.1, 0.15) is 58.6 Å². The average Bonchev–Trinajstić information content (AvgIpc) is 2.99. The number of nitrogens with two attached hydrogens (primary N) is 1. The van der Waals surface area contributed by atoms with Gasteiger partial charge >= 0.3 is 12.0 Å². The van der Waals surface area contributed by atoms with E-state index in [9.17, 15) is 0 Å². The maximum Gasteiger partial charge on any atom is 0.320 e. The van der Waals surface area contributed by atoms with Crippen LogP contribution in [0.2, 0.25) is 0 Å². The van der Waals surface area contributed by atoms with E-state index in [1.165, 1.54) is 0 Å². The molecule has 0 spiro atoms. The average molecular weight is 349 g/mol. The van der Waals surface area contributed by atoms with E-state index in [0.717, 1.165) is 38.5 Å². The molecule has 0 amide bonds. The first-order valence-corrected chi connectivity index (χ1v) is 9.01. The van der Waals surface area contributed by atoms with Gasteiger partial charge in [-0.05, 0) is 32.6 Å². The van der Waals surface area contributed by atoms with Crippen LogP contribution in [0.25, 0.3) is 11.2 Å². The molecule has 25 heavy (non-hydrogen) atoms. The van der Waals surface area contributed by atoms with Crippen molar-refractivity contribution in [2.45, 2.75) is 64.7 Å². The minimum atomic E-state index is -0.159. The highest BCUT2D eigenvalue weighted by molar-refractivity contribution is 5.83. The van der Waals surface area contributed by atoms with Crippen molar-refractivity contribution in [3.63, 3.8) is 0 Å². The Labute approximate surface area is 147 Å². The summed E-state index contributed by atoms with van der Waals surface area (Å²) >= 11 is 0. The van der Waals surface area contributed by atoms with Gasteiger partial charge in [-0.25, -0.2) is 0 Å². The van der Waals surface area contributed by atoms with Crippen LogP contribution in [0.4, 0.5) is 5.82 Å². The molecule has 3 heterocycles. The number of methoxy groups -OCH3 is 1. The van der Waals surface area contributed by atoms with Crippen molar-refractivity contribution in [1.82, 2.24) is 19.5 Å². The van der Waals surface area contributed by atoms with Gasteiger partial charge < -0.3 is 19.9 Å². The van der Waals surface area contributed by atoms with E-state index < -0.39 is 0 Å². The van der Waals surface area contributed by atoms with E-state index in [-0.39, 0.29) is 24.2 Å².